The van der Waals surface area contributed by atoms with Gasteiger partial charge in [-0.3, -0.25) is 19.2 Å². The summed E-state index contributed by atoms with van der Waals surface area (Å²) in [6, 6.07) is 0. The van der Waals surface area contributed by atoms with Gasteiger partial charge in [0.05, 0.1) is 0 Å². The maximum Gasteiger partial charge on any atom is 0.303 e. The van der Waals surface area contributed by atoms with E-state index in [1.807, 2.05) is 0 Å². The van der Waals surface area contributed by atoms with Crippen molar-refractivity contribution in [3.63, 3.8) is 0 Å². The molecule has 0 saturated heterocycles. The maximum absolute atomic E-state index is 10.8. The molecule has 4 atom stereocenters. The van der Waals surface area contributed by atoms with Crippen molar-refractivity contribution in [1.82, 2.24) is 0 Å². The summed E-state index contributed by atoms with van der Waals surface area (Å²) < 4.78 is 0. The first kappa shape index (κ1) is 78.6. The molecule has 0 aromatic carbocycles. The summed E-state index contributed by atoms with van der Waals surface area (Å²) in [5.41, 5.74) is 0. The van der Waals surface area contributed by atoms with Gasteiger partial charge in [0, 0.05) is 25.7 Å². The predicted molar refractivity (Wildman–Crippen MR) is 344 cm³/mol. The fourth-order valence-corrected chi connectivity index (χ4v) is 11.2. The number of carbonyl (C=O) groups is 4. The third-order valence-electron chi connectivity index (χ3n) is 16.1. The molecule has 1 aliphatic carbocycles. The summed E-state index contributed by atoms with van der Waals surface area (Å²) in [5.74, 6) is 0.394. The second-order valence-corrected chi connectivity index (χ2v) is 23.6. The van der Waals surface area contributed by atoms with E-state index in [1.54, 1.807) is 0 Å². The van der Waals surface area contributed by atoms with Gasteiger partial charge in [0.25, 0.3) is 0 Å². The summed E-state index contributed by atoms with van der Waals surface area (Å²) in [4.78, 5) is 42.2. The highest BCUT2D eigenvalue weighted by Gasteiger charge is 2.35. The first-order chi connectivity index (χ1) is 39.0. The highest BCUT2D eigenvalue weighted by molar-refractivity contribution is 5.67. The first-order valence-corrected chi connectivity index (χ1v) is 34.2. The SMILES string of the molecule is CCCCC/C=C/C/C=C/CCCCCCCC(=O)O.CCCCCC/C=C/C=C/CCCCCCCC(=O)O.CCCCCCCCC1C(CCCCCCCC(=O)O)C=CC(CCCCCC)C1CCCCCCCC(=O)O. The van der Waals surface area contributed by atoms with Crippen LogP contribution in [0.2, 0.25) is 0 Å². The van der Waals surface area contributed by atoms with Crippen LogP contribution in [0, 0.1) is 23.7 Å². The van der Waals surface area contributed by atoms with Crippen molar-refractivity contribution >= 4 is 23.9 Å². The third-order valence-corrected chi connectivity index (χ3v) is 16.1. The van der Waals surface area contributed by atoms with Crippen molar-refractivity contribution in [1.29, 1.82) is 0 Å². The minimum Gasteiger partial charge on any atom is -0.481 e. The zero-order valence-corrected chi connectivity index (χ0v) is 52.9. The minimum absolute atomic E-state index is 0.312. The first-order valence-electron chi connectivity index (χ1n) is 34.2. The van der Waals surface area contributed by atoms with Crippen LogP contribution in [0.15, 0.2) is 60.8 Å². The molecule has 4 N–H and O–H groups in total. The van der Waals surface area contributed by atoms with Gasteiger partial charge in [-0.1, -0.05) is 275 Å². The Morgan fingerprint density at radius 2 is 0.525 bits per heavy atom. The van der Waals surface area contributed by atoms with Crippen molar-refractivity contribution in [2.45, 2.75) is 349 Å². The molecule has 0 bridgehead atoms. The van der Waals surface area contributed by atoms with Gasteiger partial charge in [0.1, 0.15) is 0 Å². The van der Waals surface area contributed by atoms with Gasteiger partial charge >= 0.3 is 23.9 Å². The lowest BCUT2D eigenvalue weighted by Gasteiger charge is -2.41. The summed E-state index contributed by atoms with van der Waals surface area (Å²) in [7, 11) is 0. The molecule has 8 nitrogen and oxygen atoms in total. The Hall–Kier alpha value is -3.42. The van der Waals surface area contributed by atoms with Crippen LogP contribution in [0.25, 0.3) is 0 Å². The number of allylic oxidation sites excluding steroid dienone is 10. The van der Waals surface area contributed by atoms with Crippen molar-refractivity contribution < 1.29 is 39.6 Å². The quantitative estimate of drug-likeness (QED) is 0.0267. The second-order valence-electron chi connectivity index (χ2n) is 23.6. The molecule has 4 unspecified atom stereocenters. The Morgan fingerprint density at radius 3 is 0.863 bits per heavy atom. The molecule has 466 valence electrons. The molecule has 8 heteroatoms. The van der Waals surface area contributed by atoms with E-state index in [0.29, 0.717) is 31.6 Å². The maximum atomic E-state index is 10.8. The van der Waals surface area contributed by atoms with Crippen LogP contribution >= 0.6 is 0 Å². The monoisotopic (exact) mass is 1120 g/mol. The number of carboxylic acids is 4. The highest BCUT2D eigenvalue weighted by atomic mass is 16.4. The van der Waals surface area contributed by atoms with Crippen LogP contribution in [0.3, 0.4) is 0 Å². The lowest BCUT2D eigenvalue weighted by Crippen LogP contribution is -2.32. The van der Waals surface area contributed by atoms with Crippen molar-refractivity contribution in [2.24, 2.45) is 23.7 Å². The third kappa shape index (κ3) is 60.7. The van der Waals surface area contributed by atoms with E-state index in [-0.39, 0.29) is 0 Å². The van der Waals surface area contributed by atoms with Gasteiger partial charge < -0.3 is 20.4 Å². The molecule has 1 aliphatic rings. The predicted octanol–water partition coefficient (Wildman–Crippen LogP) is 23.1. The van der Waals surface area contributed by atoms with E-state index in [2.05, 4.69) is 88.5 Å². The van der Waals surface area contributed by atoms with Crippen LogP contribution in [0.4, 0.5) is 0 Å². The fourth-order valence-electron chi connectivity index (χ4n) is 11.2. The topological polar surface area (TPSA) is 149 Å². The summed E-state index contributed by atoms with van der Waals surface area (Å²) in [5, 5.41) is 34.8. The van der Waals surface area contributed by atoms with Crippen LogP contribution in [-0.2, 0) is 19.2 Å². The molecule has 0 amide bonds. The lowest BCUT2D eigenvalue weighted by molar-refractivity contribution is -0.138. The Labute approximate surface area is 494 Å². The van der Waals surface area contributed by atoms with Gasteiger partial charge in [-0.2, -0.15) is 0 Å². The summed E-state index contributed by atoms with van der Waals surface area (Å²) in [6.07, 6.45) is 80.5. The zero-order chi connectivity index (χ0) is 59.0. The molecule has 80 heavy (non-hydrogen) atoms. The largest absolute Gasteiger partial charge is 0.481 e. The molecule has 0 spiro atoms. The van der Waals surface area contributed by atoms with Crippen molar-refractivity contribution in [2.75, 3.05) is 0 Å². The Morgan fingerprint density at radius 1 is 0.287 bits per heavy atom. The standard InChI is InChI=1S/C36H66O4.2C18H32O2/c1-3-5-7-9-13-19-25-34-32(24-18-12-10-15-21-27-35(37)38)30-29-31(23-17-8-6-4-2)33(34)26-20-14-11-16-22-28-36(39)40;2*1-2-3-4-5-6-7-8-9-10-11-12-13-14-15-16-17-18(19)20/h29-34H,3-28H2,1-2H3,(H,37,38)(H,39,40);7-10H,2-6,11-17H2,1H3,(H,19,20);6-7,9-10H,2-5,8,11-17H2,1H3,(H,19,20)/b;8-7+,10-9+;7-6+,10-9+. The molecule has 0 heterocycles. The highest BCUT2D eigenvalue weighted by Crippen LogP contribution is 2.44. The Balaban J connectivity index is 0. The van der Waals surface area contributed by atoms with E-state index in [0.717, 1.165) is 101 Å². The van der Waals surface area contributed by atoms with Crippen LogP contribution in [-0.4, -0.2) is 44.3 Å². The molecule has 0 saturated carbocycles. The molecule has 0 fully saturated rings. The van der Waals surface area contributed by atoms with Gasteiger partial charge in [0.15, 0.2) is 0 Å². The Kier molecular flexibility index (Phi) is 63.6. The Bertz CT molecular complexity index is 1510. The van der Waals surface area contributed by atoms with Crippen LogP contribution in [0.1, 0.15) is 349 Å². The molecule has 0 radical (unpaired) electrons. The van der Waals surface area contributed by atoms with E-state index in [1.165, 1.54) is 212 Å². The smallest absolute Gasteiger partial charge is 0.303 e. The van der Waals surface area contributed by atoms with E-state index in [9.17, 15) is 19.2 Å². The lowest BCUT2D eigenvalue weighted by atomic mass is 9.64. The number of unbranched alkanes of at least 4 members (excludes halogenated alkanes) is 33. The van der Waals surface area contributed by atoms with Crippen LogP contribution in [0.5, 0.6) is 0 Å². The van der Waals surface area contributed by atoms with Gasteiger partial charge in [-0.25, -0.2) is 0 Å². The minimum atomic E-state index is -0.672. The van der Waals surface area contributed by atoms with Crippen molar-refractivity contribution in [3.05, 3.63) is 60.8 Å². The van der Waals surface area contributed by atoms with Crippen LogP contribution < -0.4 is 0 Å². The van der Waals surface area contributed by atoms with E-state index in [4.69, 9.17) is 20.4 Å². The molecule has 0 aromatic heterocycles. The number of carboxylic acid groups (broad SMARTS) is 4. The molecular weight excluding hydrogens is 993 g/mol. The molecule has 0 aromatic rings. The average Bonchev–Trinajstić information content (AvgIpc) is 3.44. The number of rotatable bonds is 56. The van der Waals surface area contributed by atoms with Crippen molar-refractivity contribution in [3.8, 4) is 0 Å². The summed E-state index contributed by atoms with van der Waals surface area (Å²) >= 11 is 0. The number of hydrogen-bond donors (Lipinski definition) is 4. The van der Waals surface area contributed by atoms with E-state index >= 15 is 0 Å². The molecule has 0 aliphatic heterocycles. The average molecular weight is 1120 g/mol. The zero-order valence-electron chi connectivity index (χ0n) is 52.9. The van der Waals surface area contributed by atoms with E-state index < -0.39 is 23.9 Å². The molecule has 1 rings (SSSR count). The fraction of sp³-hybridized carbons (Fsp3) is 0.806. The number of hydrogen-bond acceptors (Lipinski definition) is 4. The van der Waals surface area contributed by atoms with Gasteiger partial charge in [-0.15, -0.1) is 0 Å². The summed E-state index contributed by atoms with van der Waals surface area (Å²) in [6.45, 7) is 9.07. The number of aliphatic carboxylic acids is 4. The second kappa shape index (κ2) is 64.7. The normalized spacial score (nSPS) is 16.1. The van der Waals surface area contributed by atoms with Gasteiger partial charge in [-0.05, 0) is 133 Å². The molecular formula is C72H130O8. The van der Waals surface area contributed by atoms with Gasteiger partial charge in [0.2, 0.25) is 0 Å².